The zero-order valence-corrected chi connectivity index (χ0v) is 16.6. The van der Waals surface area contributed by atoms with E-state index in [1.807, 2.05) is 0 Å². The van der Waals surface area contributed by atoms with E-state index < -0.39 is 17.9 Å². The van der Waals surface area contributed by atoms with Crippen LogP contribution in [0.25, 0.3) is 16.6 Å². The summed E-state index contributed by atoms with van der Waals surface area (Å²) < 4.78 is 17.3. The van der Waals surface area contributed by atoms with Gasteiger partial charge in [-0.3, -0.25) is 19.0 Å². The third-order valence-electron chi connectivity index (χ3n) is 3.69. The van der Waals surface area contributed by atoms with Gasteiger partial charge in [0.15, 0.2) is 0 Å². The highest BCUT2D eigenvalue weighted by molar-refractivity contribution is 7.71. The third kappa shape index (κ3) is 4.64. The average Bonchev–Trinajstić information content (AvgIpc) is 2.61. The Morgan fingerprint density at radius 3 is 2.03 bits per heavy atom. The number of esters is 3. The number of hydrogen-bond acceptors (Lipinski definition) is 8. The summed E-state index contributed by atoms with van der Waals surface area (Å²) in [6, 6.07) is 9.62. The van der Waals surface area contributed by atoms with Gasteiger partial charge in [-0.2, -0.15) is 0 Å². The Hall–Kier alpha value is -3.59. The summed E-state index contributed by atoms with van der Waals surface area (Å²) in [6.45, 7) is 3.84. The van der Waals surface area contributed by atoms with Gasteiger partial charge in [0.05, 0.1) is 10.9 Å². The van der Waals surface area contributed by atoms with E-state index >= 15 is 0 Å². The molecule has 0 saturated carbocycles. The molecular weight excluding hydrogens is 396 g/mol. The first-order valence-electron chi connectivity index (χ1n) is 8.45. The number of ether oxygens (including phenoxy) is 3. The second kappa shape index (κ2) is 8.19. The molecule has 0 aliphatic heterocycles. The lowest BCUT2D eigenvalue weighted by Crippen LogP contribution is -2.07. The van der Waals surface area contributed by atoms with Gasteiger partial charge in [-0.25, -0.2) is 4.98 Å². The first kappa shape index (κ1) is 20.2. The van der Waals surface area contributed by atoms with Crippen LogP contribution in [0.1, 0.15) is 20.8 Å². The van der Waals surface area contributed by atoms with E-state index in [-0.39, 0.29) is 11.5 Å². The van der Waals surface area contributed by atoms with E-state index in [1.54, 1.807) is 28.8 Å². The van der Waals surface area contributed by atoms with E-state index in [0.717, 1.165) is 0 Å². The molecule has 0 bridgehead atoms. The van der Waals surface area contributed by atoms with Crippen molar-refractivity contribution in [1.82, 2.24) is 9.55 Å². The zero-order valence-electron chi connectivity index (χ0n) is 15.8. The molecule has 1 heterocycles. The Bertz CT molecular complexity index is 1180. The van der Waals surface area contributed by atoms with Crippen molar-refractivity contribution in [3.63, 3.8) is 0 Å². The molecule has 0 spiro atoms. The summed E-state index contributed by atoms with van der Waals surface area (Å²) in [4.78, 5) is 38.2. The van der Waals surface area contributed by atoms with Crippen molar-refractivity contribution in [3.8, 4) is 22.9 Å². The molecule has 3 aromatic rings. The summed E-state index contributed by atoms with van der Waals surface area (Å²) in [6.07, 6.45) is 1.50. The largest absolute Gasteiger partial charge is 0.427 e. The van der Waals surface area contributed by atoms with Gasteiger partial charge in [0, 0.05) is 38.6 Å². The molecule has 0 atom stereocenters. The second-order valence-electron chi connectivity index (χ2n) is 6.01. The SMILES string of the molecule is CC(=O)Oc1ccc(-n2cnc3cc(OC(C)=O)cc(OC(C)=O)c3c2=S)cc1. The Morgan fingerprint density at radius 1 is 0.862 bits per heavy atom. The van der Waals surface area contributed by atoms with Crippen molar-refractivity contribution < 1.29 is 28.6 Å². The van der Waals surface area contributed by atoms with Crippen molar-refractivity contribution >= 4 is 41.0 Å². The maximum atomic E-state index is 11.5. The molecule has 0 saturated heterocycles. The highest BCUT2D eigenvalue weighted by Crippen LogP contribution is 2.32. The second-order valence-corrected chi connectivity index (χ2v) is 6.40. The minimum Gasteiger partial charge on any atom is -0.427 e. The summed E-state index contributed by atoms with van der Waals surface area (Å²) in [5, 5.41) is 0.415. The topological polar surface area (TPSA) is 96.7 Å². The van der Waals surface area contributed by atoms with Gasteiger partial charge in [0.1, 0.15) is 28.2 Å². The van der Waals surface area contributed by atoms with Crippen LogP contribution < -0.4 is 14.2 Å². The number of aromatic nitrogens is 2. The fourth-order valence-corrected chi connectivity index (χ4v) is 3.03. The number of fused-ring (bicyclic) bond motifs is 1. The fourth-order valence-electron chi connectivity index (χ4n) is 2.67. The summed E-state index contributed by atoms with van der Waals surface area (Å²) in [7, 11) is 0. The van der Waals surface area contributed by atoms with Crippen molar-refractivity contribution in [1.29, 1.82) is 0 Å². The Balaban J connectivity index is 2.14. The lowest BCUT2D eigenvalue weighted by molar-refractivity contribution is -0.133. The maximum absolute atomic E-state index is 11.5. The molecule has 0 radical (unpaired) electrons. The number of carbonyl (C=O) groups is 3. The van der Waals surface area contributed by atoms with Crippen LogP contribution in [-0.4, -0.2) is 27.5 Å². The quantitative estimate of drug-likeness (QED) is 0.365. The molecule has 1 aromatic heterocycles. The van der Waals surface area contributed by atoms with Crippen molar-refractivity contribution in [3.05, 3.63) is 47.4 Å². The molecule has 3 rings (SSSR count). The normalized spacial score (nSPS) is 10.4. The molecule has 0 fully saturated rings. The van der Waals surface area contributed by atoms with E-state index in [0.29, 0.717) is 27.0 Å². The Labute approximate surface area is 170 Å². The van der Waals surface area contributed by atoms with Crippen LogP contribution in [0.2, 0.25) is 0 Å². The van der Waals surface area contributed by atoms with E-state index in [2.05, 4.69) is 4.98 Å². The molecule has 0 unspecified atom stereocenters. The molecule has 0 aliphatic rings. The molecule has 2 aromatic carbocycles. The van der Waals surface area contributed by atoms with Crippen LogP contribution in [0.15, 0.2) is 42.7 Å². The molecule has 0 N–H and O–H groups in total. The van der Waals surface area contributed by atoms with Crippen LogP contribution in [0, 0.1) is 4.64 Å². The van der Waals surface area contributed by atoms with Crippen LogP contribution in [-0.2, 0) is 14.4 Å². The van der Waals surface area contributed by atoms with Crippen LogP contribution in [0.4, 0.5) is 0 Å². The highest BCUT2D eigenvalue weighted by atomic mass is 32.1. The Morgan fingerprint density at radius 2 is 1.45 bits per heavy atom. The van der Waals surface area contributed by atoms with Crippen molar-refractivity contribution in [2.24, 2.45) is 0 Å². The maximum Gasteiger partial charge on any atom is 0.308 e. The van der Waals surface area contributed by atoms with Crippen molar-refractivity contribution in [2.75, 3.05) is 0 Å². The van der Waals surface area contributed by atoms with E-state index in [1.165, 1.54) is 39.2 Å². The van der Waals surface area contributed by atoms with Gasteiger partial charge >= 0.3 is 17.9 Å². The Kier molecular flexibility index (Phi) is 5.69. The number of rotatable bonds is 4. The number of benzene rings is 2. The molecule has 0 aliphatic carbocycles. The third-order valence-corrected chi connectivity index (χ3v) is 4.09. The van der Waals surface area contributed by atoms with E-state index in [9.17, 15) is 14.4 Å². The van der Waals surface area contributed by atoms with Crippen LogP contribution >= 0.6 is 12.2 Å². The van der Waals surface area contributed by atoms with Crippen LogP contribution in [0.3, 0.4) is 0 Å². The van der Waals surface area contributed by atoms with Gasteiger partial charge in [0.25, 0.3) is 0 Å². The first-order chi connectivity index (χ1) is 13.7. The van der Waals surface area contributed by atoms with E-state index in [4.69, 9.17) is 26.4 Å². The molecule has 29 heavy (non-hydrogen) atoms. The number of carbonyl (C=O) groups excluding carboxylic acids is 3. The van der Waals surface area contributed by atoms with Gasteiger partial charge in [-0.15, -0.1) is 0 Å². The first-order valence-corrected chi connectivity index (χ1v) is 8.86. The smallest absolute Gasteiger partial charge is 0.308 e. The number of hydrogen-bond donors (Lipinski definition) is 0. The van der Waals surface area contributed by atoms with Gasteiger partial charge < -0.3 is 14.2 Å². The minimum absolute atomic E-state index is 0.134. The molecule has 8 nitrogen and oxygen atoms in total. The molecule has 9 heteroatoms. The predicted octanol–water partition coefficient (Wildman–Crippen LogP) is 3.53. The molecular formula is C20H16N2O6S. The summed E-state index contributed by atoms with van der Waals surface area (Å²) >= 11 is 5.59. The monoisotopic (exact) mass is 412 g/mol. The average molecular weight is 412 g/mol. The van der Waals surface area contributed by atoms with Crippen LogP contribution in [0.5, 0.6) is 17.2 Å². The van der Waals surface area contributed by atoms with Crippen molar-refractivity contribution in [2.45, 2.75) is 20.8 Å². The molecule has 148 valence electrons. The zero-order chi connectivity index (χ0) is 21.1. The van der Waals surface area contributed by atoms with Gasteiger partial charge in [-0.05, 0) is 24.3 Å². The molecule has 0 amide bonds. The standard InChI is InChI=1S/C20H16N2O6S/c1-11(23)26-15-6-4-14(5-7-15)22-10-21-17-8-16(27-12(2)24)9-18(28-13(3)25)19(17)20(22)29/h4-10H,1-3H3. The lowest BCUT2D eigenvalue weighted by atomic mass is 10.2. The fraction of sp³-hybridized carbons (Fsp3) is 0.150. The van der Waals surface area contributed by atoms with Gasteiger partial charge in [0.2, 0.25) is 0 Å². The number of nitrogens with zero attached hydrogens (tertiary/aromatic N) is 2. The highest BCUT2D eigenvalue weighted by Gasteiger charge is 2.14. The summed E-state index contributed by atoms with van der Waals surface area (Å²) in [5.41, 5.74) is 1.07. The minimum atomic E-state index is -0.554. The summed E-state index contributed by atoms with van der Waals surface area (Å²) in [5.74, 6) is -0.775. The van der Waals surface area contributed by atoms with Gasteiger partial charge in [-0.1, -0.05) is 12.2 Å². The lowest BCUT2D eigenvalue weighted by Gasteiger charge is -2.13. The predicted molar refractivity (Wildman–Crippen MR) is 106 cm³/mol.